The Morgan fingerprint density at radius 2 is 1.85 bits per heavy atom. The van der Waals surface area contributed by atoms with Crippen LogP contribution in [0.15, 0.2) is 36.0 Å². The molecule has 1 aromatic carbocycles. The van der Waals surface area contributed by atoms with E-state index in [1.54, 1.807) is 0 Å². The third-order valence-corrected chi connectivity index (χ3v) is 6.42. The maximum Gasteiger partial charge on any atom is 0.241 e. The molecule has 4 rings (SSSR count). The van der Waals surface area contributed by atoms with E-state index in [1.165, 1.54) is 30.4 Å². The summed E-state index contributed by atoms with van der Waals surface area (Å²) in [6, 6.07) is 8.78. The molecule has 1 aliphatic carbocycles. The van der Waals surface area contributed by atoms with Gasteiger partial charge in [0.15, 0.2) is 0 Å². The van der Waals surface area contributed by atoms with Gasteiger partial charge in [0.1, 0.15) is 0 Å². The number of hydrazine groups is 1. The fraction of sp³-hybridized carbons (Fsp3) is 0.591. The number of nitrogens with zero attached hydrogens (tertiary/aromatic N) is 3. The number of hydrogen-bond donors (Lipinski definition) is 1. The quantitative estimate of drug-likeness (QED) is 0.864. The van der Waals surface area contributed by atoms with Crippen LogP contribution in [0, 0.1) is 0 Å². The number of anilines is 1. The van der Waals surface area contributed by atoms with Crippen LogP contribution in [0.1, 0.15) is 50.5 Å². The first-order valence-corrected chi connectivity index (χ1v) is 10.3. The molecule has 0 bridgehead atoms. The Morgan fingerprint density at radius 1 is 1.11 bits per heavy atom. The molecule has 1 aromatic rings. The summed E-state index contributed by atoms with van der Waals surface area (Å²) in [5, 5.41) is 7.56. The van der Waals surface area contributed by atoms with Gasteiger partial charge in [0, 0.05) is 32.5 Å². The molecule has 3 aliphatic rings. The lowest BCUT2D eigenvalue weighted by Gasteiger charge is -2.38. The number of benzene rings is 1. The van der Waals surface area contributed by atoms with Crippen molar-refractivity contribution in [1.82, 2.24) is 14.9 Å². The van der Waals surface area contributed by atoms with E-state index >= 15 is 0 Å². The Hall–Kier alpha value is -1.85. The van der Waals surface area contributed by atoms with Gasteiger partial charge in [-0.2, -0.15) is 0 Å². The van der Waals surface area contributed by atoms with Gasteiger partial charge in [-0.1, -0.05) is 18.6 Å². The third kappa shape index (κ3) is 4.04. The van der Waals surface area contributed by atoms with Crippen LogP contribution >= 0.6 is 0 Å². The molecule has 1 saturated carbocycles. The van der Waals surface area contributed by atoms with Crippen LogP contribution in [0.25, 0.3) is 0 Å². The highest BCUT2D eigenvalue weighted by Crippen LogP contribution is 2.40. The minimum atomic E-state index is -0.0334. The van der Waals surface area contributed by atoms with Gasteiger partial charge in [-0.05, 0) is 68.3 Å². The van der Waals surface area contributed by atoms with E-state index in [0.717, 1.165) is 37.5 Å². The molecule has 2 fully saturated rings. The molecule has 2 atom stereocenters. The Morgan fingerprint density at radius 3 is 2.48 bits per heavy atom. The van der Waals surface area contributed by atoms with Crippen molar-refractivity contribution in [3.05, 3.63) is 41.6 Å². The highest BCUT2D eigenvalue weighted by molar-refractivity contribution is 5.94. The molecule has 0 spiro atoms. The van der Waals surface area contributed by atoms with Crippen molar-refractivity contribution >= 4 is 11.6 Å². The third-order valence-electron chi connectivity index (χ3n) is 6.42. The molecule has 0 aromatic heterocycles. The SMILES string of the molecule is CC1=CN(C)N(C)C1CN1CCCC[C@@H]1C(=O)Nc1ccc(C2CC2)cc1. The van der Waals surface area contributed by atoms with E-state index in [1.807, 2.05) is 0 Å². The van der Waals surface area contributed by atoms with Crippen LogP contribution in [-0.4, -0.2) is 60.1 Å². The van der Waals surface area contributed by atoms with Gasteiger partial charge in [0.25, 0.3) is 0 Å². The van der Waals surface area contributed by atoms with Gasteiger partial charge in [0.2, 0.25) is 5.91 Å². The van der Waals surface area contributed by atoms with Crippen LogP contribution in [-0.2, 0) is 4.79 Å². The summed E-state index contributed by atoms with van der Waals surface area (Å²) < 4.78 is 0. The lowest BCUT2D eigenvalue weighted by atomic mass is 9.99. The standard InChI is InChI=1S/C22H32N4O/c1-16-14-24(2)25(3)21(16)15-26-13-5-4-6-20(26)22(27)23-19-11-9-18(10-12-19)17-7-8-17/h9-12,14,17,20-21H,4-8,13,15H2,1-3H3,(H,23,27)/t20-,21?/m1/s1. The van der Waals surface area contributed by atoms with E-state index in [9.17, 15) is 4.79 Å². The van der Waals surface area contributed by atoms with Gasteiger partial charge >= 0.3 is 0 Å². The average Bonchev–Trinajstić information content (AvgIpc) is 3.48. The van der Waals surface area contributed by atoms with Crippen molar-refractivity contribution in [2.45, 2.75) is 57.0 Å². The zero-order chi connectivity index (χ0) is 19.0. The van der Waals surface area contributed by atoms with Crippen LogP contribution in [0.4, 0.5) is 5.69 Å². The molecule has 2 aliphatic heterocycles. The molecule has 1 unspecified atom stereocenters. The largest absolute Gasteiger partial charge is 0.325 e. The van der Waals surface area contributed by atoms with Gasteiger partial charge < -0.3 is 10.3 Å². The second kappa shape index (κ2) is 7.64. The first-order chi connectivity index (χ1) is 13.0. The number of rotatable bonds is 5. The molecule has 1 saturated heterocycles. The summed E-state index contributed by atoms with van der Waals surface area (Å²) in [5.41, 5.74) is 3.69. The first kappa shape index (κ1) is 18.5. The van der Waals surface area contributed by atoms with Crippen molar-refractivity contribution in [3.8, 4) is 0 Å². The molecule has 146 valence electrons. The van der Waals surface area contributed by atoms with Crippen molar-refractivity contribution in [2.75, 3.05) is 32.5 Å². The smallest absolute Gasteiger partial charge is 0.241 e. The summed E-state index contributed by atoms with van der Waals surface area (Å²) in [5.74, 6) is 0.894. The van der Waals surface area contributed by atoms with E-state index in [2.05, 4.69) is 71.7 Å². The number of amides is 1. The number of piperidine rings is 1. The zero-order valence-electron chi connectivity index (χ0n) is 16.8. The maximum atomic E-state index is 13.0. The number of hydrogen-bond acceptors (Lipinski definition) is 4. The number of carbonyl (C=O) groups excluding carboxylic acids is 1. The monoisotopic (exact) mass is 368 g/mol. The second-order valence-electron chi connectivity index (χ2n) is 8.43. The summed E-state index contributed by atoms with van der Waals surface area (Å²) >= 11 is 0. The maximum absolute atomic E-state index is 13.0. The number of likely N-dealkylation sites (tertiary alicyclic amines) is 1. The van der Waals surface area contributed by atoms with E-state index < -0.39 is 0 Å². The topological polar surface area (TPSA) is 38.8 Å². The van der Waals surface area contributed by atoms with Crippen LogP contribution in [0.3, 0.4) is 0 Å². The molecule has 1 amide bonds. The molecular formula is C22H32N4O. The van der Waals surface area contributed by atoms with Gasteiger partial charge in [-0.3, -0.25) is 9.69 Å². The van der Waals surface area contributed by atoms with Crippen LogP contribution < -0.4 is 5.32 Å². The van der Waals surface area contributed by atoms with Crippen molar-refractivity contribution in [1.29, 1.82) is 0 Å². The minimum Gasteiger partial charge on any atom is -0.325 e. The molecule has 5 heteroatoms. The summed E-state index contributed by atoms with van der Waals surface area (Å²) in [6.45, 7) is 4.09. The highest BCUT2D eigenvalue weighted by atomic mass is 16.2. The second-order valence-corrected chi connectivity index (χ2v) is 8.43. The van der Waals surface area contributed by atoms with Crippen LogP contribution in [0.5, 0.6) is 0 Å². The summed E-state index contributed by atoms with van der Waals surface area (Å²) in [6.07, 6.45) is 8.05. The molecule has 5 nitrogen and oxygen atoms in total. The lowest BCUT2D eigenvalue weighted by molar-refractivity contribution is -0.122. The van der Waals surface area contributed by atoms with E-state index in [-0.39, 0.29) is 11.9 Å². The summed E-state index contributed by atoms with van der Waals surface area (Å²) in [4.78, 5) is 15.4. The number of nitrogens with one attached hydrogen (secondary N) is 1. The molecule has 0 radical (unpaired) electrons. The molecule has 2 heterocycles. The molecule has 1 N–H and O–H groups in total. The predicted molar refractivity (Wildman–Crippen MR) is 109 cm³/mol. The minimum absolute atomic E-state index is 0.0334. The first-order valence-electron chi connectivity index (χ1n) is 10.3. The fourth-order valence-electron chi connectivity index (χ4n) is 4.46. The summed E-state index contributed by atoms with van der Waals surface area (Å²) in [7, 11) is 4.20. The molecule has 27 heavy (non-hydrogen) atoms. The van der Waals surface area contributed by atoms with Crippen molar-refractivity contribution in [2.24, 2.45) is 0 Å². The van der Waals surface area contributed by atoms with E-state index in [0.29, 0.717) is 6.04 Å². The van der Waals surface area contributed by atoms with Gasteiger partial charge in [-0.15, -0.1) is 0 Å². The van der Waals surface area contributed by atoms with E-state index in [4.69, 9.17) is 0 Å². The predicted octanol–water partition coefficient (Wildman–Crippen LogP) is 3.42. The zero-order valence-corrected chi connectivity index (χ0v) is 16.8. The Bertz CT molecular complexity index is 710. The highest BCUT2D eigenvalue weighted by Gasteiger charge is 2.34. The Labute approximate surface area is 163 Å². The number of likely N-dealkylation sites (N-methyl/N-ethyl adjacent to an activating group) is 1. The molecular weight excluding hydrogens is 336 g/mol. The van der Waals surface area contributed by atoms with Crippen LogP contribution in [0.2, 0.25) is 0 Å². The Balaban J connectivity index is 1.40. The normalized spacial score (nSPS) is 26.9. The number of carbonyl (C=O) groups is 1. The van der Waals surface area contributed by atoms with Crippen molar-refractivity contribution in [3.63, 3.8) is 0 Å². The average molecular weight is 369 g/mol. The van der Waals surface area contributed by atoms with Gasteiger partial charge in [0.05, 0.1) is 12.1 Å². The Kier molecular flexibility index (Phi) is 5.24. The lowest BCUT2D eigenvalue weighted by Crippen LogP contribution is -2.52. The fourth-order valence-corrected chi connectivity index (χ4v) is 4.46. The van der Waals surface area contributed by atoms with Crippen molar-refractivity contribution < 1.29 is 4.79 Å². The van der Waals surface area contributed by atoms with Gasteiger partial charge in [-0.25, -0.2) is 5.01 Å².